The van der Waals surface area contributed by atoms with Crippen molar-refractivity contribution in [2.75, 3.05) is 13.2 Å². The van der Waals surface area contributed by atoms with E-state index >= 15 is 0 Å². The topological polar surface area (TPSA) is 48.3 Å². The van der Waals surface area contributed by atoms with Gasteiger partial charge in [0.05, 0.1) is 5.69 Å². The molecule has 1 aromatic carbocycles. The van der Waals surface area contributed by atoms with Crippen molar-refractivity contribution in [1.82, 2.24) is 15.1 Å². The average Bonchev–Trinajstić information content (AvgIpc) is 2.77. The lowest BCUT2D eigenvalue weighted by Gasteiger charge is -2.21. The molecule has 2 aromatic rings. The van der Waals surface area contributed by atoms with Crippen molar-refractivity contribution in [3.63, 3.8) is 0 Å². The van der Waals surface area contributed by atoms with E-state index in [0.29, 0.717) is 13.2 Å². The highest BCUT2D eigenvalue weighted by Crippen LogP contribution is 2.33. The Morgan fingerprint density at radius 2 is 2.00 bits per heavy atom. The van der Waals surface area contributed by atoms with Gasteiger partial charge >= 0.3 is 0 Å². The molecule has 0 spiro atoms. The van der Waals surface area contributed by atoms with E-state index in [2.05, 4.69) is 16.5 Å². The first-order valence-corrected chi connectivity index (χ1v) is 6.81. The summed E-state index contributed by atoms with van der Waals surface area (Å²) < 4.78 is 13.1. The molecule has 0 aliphatic carbocycles. The summed E-state index contributed by atoms with van der Waals surface area (Å²) in [4.78, 5) is 0. The van der Waals surface area contributed by atoms with Gasteiger partial charge in [0.15, 0.2) is 11.5 Å². The summed E-state index contributed by atoms with van der Waals surface area (Å²) in [5.74, 6) is 1.71. The van der Waals surface area contributed by atoms with Crippen LogP contribution in [-0.2, 0) is 20.1 Å². The summed E-state index contributed by atoms with van der Waals surface area (Å²) in [6, 6.07) is 6.01. The molecule has 0 saturated carbocycles. The van der Waals surface area contributed by atoms with Crippen LogP contribution in [0.1, 0.15) is 16.8 Å². The molecule has 3 rings (SSSR count). The molecular formula is C15H19N3O2. The molecule has 0 atom stereocenters. The minimum Gasteiger partial charge on any atom is -0.486 e. The van der Waals surface area contributed by atoms with Crippen molar-refractivity contribution in [3.05, 3.63) is 41.2 Å². The summed E-state index contributed by atoms with van der Waals surface area (Å²) in [5, 5.41) is 7.77. The Morgan fingerprint density at radius 3 is 2.80 bits per heavy atom. The number of hydrogen-bond donors (Lipinski definition) is 1. The molecule has 2 heterocycles. The summed E-state index contributed by atoms with van der Waals surface area (Å²) >= 11 is 0. The number of rotatable bonds is 4. The second kappa shape index (κ2) is 5.54. The maximum Gasteiger partial charge on any atom is 0.165 e. The van der Waals surface area contributed by atoms with Crippen molar-refractivity contribution >= 4 is 0 Å². The third-order valence-corrected chi connectivity index (χ3v) is 3.39. The standard InChI is InChI=1S/C15H19N3O2/c1-11-13(10-18(2)17-11)9-16-8-12-4-3-5-14-15(12)20-7-6-19-14/h3-5,10,16H,6-9H2,1-2H3. The Labute approximate surface area is 118 Å². The third-order valence-electron chi connectivity index (χ3n) is 3.39. The summed E-state index contributed by atoms with van der Waals surface area (Å²) in [5.41, 5.74) is 3.41. The lowest BCUT2D eigenvalue weighted by molar-refractivity contribution is 0.169. The van der Waals surface area contributed by atoms with Crippen molar-refractivity contribution in [3.8, 4) is 11.5 Å². The van der Waals surface area contributed by atoms with Gasteiger partial charge in [-0.25, -0.2) is 0 Å². The summed E-state index contributed by atoms with van der Waals surface area (Å²) in [6.07, 6.45) is 2.04. The van der Waals surface area contributed by atoms with E-state index < -0.39 is 0 Å². The lowest BCUT2D eigenvalue weighted by Crippen LogP contribution is -2.19. The number of aryl methyl sites for hydroxylation is 2. The molecule has 1 aromatic heterocycles. The SMILES string of the molecule is Cc1nn(C)cc1CNCc1cccc2c1OCCO2. The predicted octanol–water partition coefficient (Wildman–Crippen LogP) is 1.79. The van der Waals surface area contributed by atoms with Gasteiger partial charge in [-0.1, -0.05) is 12.1 Å². The van der Waals surface area contributed by atoms with E-state index in [0.717, 1.165) is 35.8 Å². The third kappa shape index (κ3) is 2.63. The van der Waals surface area contributed by atoms with Crippen LogP contribution >= 0.6 is 0 Å². The van der Waals surface area contributed by atoms with Gasteiger partial charge in [0.2, 0.25) is 0 Å². The molecule has 5 heteroatoms. The number of aromatic nitrogens is 2. The van der Waals surface area contributed by atoms with Crippen molar-refractivity contribution in [1.29, 1.82) is 0 Å². The van der Waals surface area contributed by atoms with Gasteiger partial charge in [-0.2, -0.15) is 5.10 Å². The molecule has 0 fully saturated rings. The monoisotopic (exact) mass is 273 g/mol. The van der Waals surface area contributed by atoms with Crippen molar-refractivity contribution in [2.24, 2.45) is 7.05 Å². The van der Waals surface area contributed by atoms with E-state index in [1.165, 1.54) is 5.56 Å². The average molecular weight is 273 g/mol. The molecule has 20 heavy (non-hydrogen) atoms. The highest BCUT2D eigenvalue weighted by Gasteiger charge is 2.15. The number of ether oxygens (including phenoxy) is 2. The highest BCUT2D eigenvalue weighted by atomic mass is 16.6. The number of fused-ring (bicyclic) bond motifs is 1. The predicted molar refractivity (Wildman–Crippen MR) is 75.9 cm³/mol. The van der Waals surface area contributed by atoms with Gasteiger partial charge in [-0.3, -0.25) is 4.68 Å². The number of nitrogens with one attached hydrogen (secondary N) is 1. The first-order chi connectivity index (χ1) is 9.74. The Kier molecular flexibility index (Phi) is 3.60. The molecule has 0 radical (unpaired) electrons. The number of nitrogens with zero attached hydrogens (tertiary/aromatic N) is 2. The van der Waals surface area contributed by atoms with Crippen LogP contribution in [0.2, 0.25) is 0 Å². The quantitative estimate of drug-likeness (QED) is 0.922. The molecule has 5 nitrogen and oxygen atoms in total. The van der Waals surface area contributed by atoms with E-state index in [9.17, 15) is 0 Å². The van der Waals surface area contributed by atoms with Gasteiger partial charge in [0, 0.05) is 37.5 Å². The van der Waals surface area contributed by atoms with Crippen molar-refractivity contribution in [2.45, 2.75) is 20.0 Å². The fourth-order valence-electron chi connectivity index (χ4n) is 2.43. The fraction of sp³-hybridized carbons (Fsp3) is 0.400. The van der Waals surface area contributed by atoms with Gasteiger partial charge in [0.1, 0.15) is 13.2 Å². The van der Waals surface area contributed by atoms with Crippen LogP contribution in [0.4, 0.5) is 0 Å². The van der Waals surface area contributed by atoms with Gasteiger partial charge in [0.25, 0.3) is 0 Å². The molecule has 0 saturated heterocycles. The molecule has 0 amide bonds. The van der Waals surface area contributed by atoms with E-state index in [1.54, 1.807) is 0 Å². The molecule has 1 N–H and O–H groups in total. The maximum absolute atomic E-state index is 5.70. The largest absolute Gasteiger partial charge is 0.486 e. The Bertz CT molecular complexity index is 607. The molecule has 1 aliphatic rings. The molecule has 1 aliphatic heterocycles. The normalized spacial score (nSPS) is 13.5. The highest BCUT2D eigenvalue weighted by molar-refractivity contribution is 5.47. The van der Waals surface area contributed by atoms with Gasteiger partial charge in [-0.15, -0.1) is 0 Å². The smallest absolute Gasteiger partial charge is 0.165 e. The minimum atomic E-state index is 0.617. The molecular weight excluding hydrogens is 254 g/mol. The molecule has 0 unspecified atom stereocenters. The first kappa shape index (κ1) is 13.0. The Balaban J connectivity index is 1.65. The molecule has 0 bridgehead atoms. The van der Waals surface area contributed by atoms with Gasteiger partial charge < -0.3 is 14.8 Å². The van der Waals surface area contributed by atoms with Crippen LogP contribution in [0.15, 0.2) is 24.4 Å². The zero-order valence-corrected chi connectivity index (χ0v) is 11.8. The molecule has 106 valence electrons. The zero-order chi connectivity index (χ0) is 13.9. The minimum absolute atomic E-state index is 0.617. The summed E-state index contributed by atoms with van der Waals surface area (Å²) in [7, 11) is 1.94. The zero-order valence-electron chi connectivity index (χ0n) is 11.8. The number of benzene rings is 1. The summed E-state index contributed by atoms with van der Waals surface area (Å²) in [6.45, 7) is 4.81. The first-order valence-electron chi connectivity index (χ1n) is 6.81. The van der Waals surface area contributed by atoms with Crippen LogP contribution in [0.25, 0.3) is 0 Å². The second-order valence-corrected chi connectivity index (χ2v) is 4.96. The maximum atomic E-state index is 5.70. The van der Waals surface area contributed by atoms with Crippen LogP contribution in [0, 0.1) is 6.92 Å². The fourth-order valence-corrected chi connectivity index (χ4v) is 2.43. The van der Waals surface area contributed by atoms with Crippen LogP contribution in [0.3, 0.4) is 0 Å². The Hall–Kier alpha value is -2.01. The number of para-hydroxylation sites is 1. The van der Waals surface area contributed by atoms with Crippen LogP contribution in [0.5, 0.6) is 11.5 Å². The van der Waals surface area contributed by atoms with Crippen molar-refractivity contribution < 1.29 is 9.47 Å². The van der Waals surface area contributed by atoms with E-state index in [-0.39, 0.29) is 0 Å². The van der Waals surface area contributed by atoms with Crippen LogP contribution < -0.4 is 14.8 Å². The van der Waals surface area contributed by atoms with Gasteiger partial charge in [-0.05, 0) is 13.0 Å². The lowest BCUT2D eigenvalue weighted by atomic mass is 10.1. The van der Waals surface area contributed by atoms with Crippen LogP contribution in [-0.4, -0.2) is 23.0 Å². The van der Waals surface area contributed by atoms with E-state index in [1.807, 2.05) is 37.0 Å². The number of hydrogen-bond acceptors (Lipinski definition) is 4. The Morgan fingerprint density at radius 1 is 1.20 bits per heavy atom. The van der Waals surface area contributed by atoms with E-state index in [4.69, 9.17) is 9.47 Å². The second-order valence-electron chi connectivity index (χ2n) is 4.96.